The Kier molecular flexibility index (Phi) is 5.81. The molecule has 0 bridgehead atoms. The van der Waals surface area contributed by atoms with Crippen molar-refractivity contribution in [3.05, 3.63) is 54.2 Å². The Balaban J connectivity index is 1.59. The zero-order chi connectivity index (χ0) is 22.0. The fourth-order valence-corrected chi connectivity index (χ4v) is 4.80. The summed E-state index contributed by atoms with van der Waals surface area (Å²) >= 11 is 0. The molecule has 0 radical (unpaired) electrons. The molecule has 1 aromatic carbocycles. The Hall–Kier alpha value is -3.15. The number of aryl methyl sites for hydroxylation is 1. The maximum absolute atomic E-state index is 14.8. The summed E-state index contributed by atoms with van der Waals surface area (Å²) in [6.45, 7) is 0. The molecule has 4 rings (SSSR count). The number of nitrogens with zero attached hydrogens (tertiary/aromatic N) is 5. The van der Waals surface area contributed by atoms with Crippen LogP contribution in [0.25, 0.3) is 0 Å². The minimum atomic E-state index is -4.40. The number of benzene rings is 1. The van der Waals surface area contributed by atoms with E-state index in [-0.39, 0.29) is 17.5 Å². The van der Waals surface area contributed by atoms with Gasteiger partial charge in [-0.25, -0.2) is 27.2 Å². The van der Waals surface area contributed by atoms with Crippen molar-refractivity contribution in [2.24, 2.45) is 7.05 Å². The molecule has 1 aliphatic carbocycles. The summed E-state index contributed by atoms with van der Waals surface area (Å²) in [5, 5.41) is 7.82. The topological polar surface area (TPSA) is 112 Å². The summed E-state index contributed by atoms with van der Waals surface area (Å²) in [6, 6.07) is 2.66. The highest BCUT2D eigenvalue weighted by Gasteiger charge is 2.32. The first-order chi connectivity index (χ1) is 14.8. The van der Waals surface area contributed by atoms with Gasteiger partial charge in [0.05, 0.1) is 11.9 Å². The van der Waals surface area contributed by atoms with E-state index in [9.17, 15) is 17.2 Å². The second-order valence-corrected chi connectivity index (χ2v) is 8.89. The van der Waals surface area contributed by atoms with Crippen LogP contribution in [0.4, 0.5) is 14.6 Å². The summed E-state index contributed by atoms with van der Waals surface area (Å²) < 4.78 is 64.0. The Morgan fingerprint density at radius 2 is 2.00 bits per heavy atom. The Morgan fingerprint density at radius 3 is 2.71 bits per heavy atom. The molecule has 0 saturated heterocycles. The molecule has 2 atom stereocenters. The summed E-state index contributed by atoms with van der Waals surface area (Å²) in [6.07, 6.45) is 6.96. The number of nitrogens with one attached hydrogen (secondary N) is 1. The van der Waals surface area contributed by atoms with Gasteiger partial charge >= 0.3 is 0 Å². The third-order valence-corrected chi connectivity index (χ3v) is 6.58. The molecule has 164 valence electrons. The van der Waals surface area contributed by atoms with E-state index in [0.29, 0.717) is 12.5 Å². The van der Waals surface area contributed by atoms with Gasteiger partial charge in [-0.2, -0.15) is 0 Å². The molecular weight excluding hydrogens is 430 g/mol. The molecule has 1 fully saturated rings. The third-order valence-electron chi connectivity index (χ3n) is 5.21. The van der Waals surface area contributed by atoms with Crippen LogP contribution in [0.1, 0.15) is 37.3 Å². The first-order valence-electron chi connectivity index (χ1n) is 9.64. The monoisotopic (exact) mass is 450 g/mol. The van der Waals surface area contributed by atoms with Gasteiger partial charge in [0.15, 0.2) is 11.6 Å². The van der Waals surface area contributed by atoms with Gasteiger partial charge in [0.2, 0.25) is 0 Å². The van der Waals surface area contributed by atoms with E-state index >= 15 is 0 Å². The lowest BCUT2D eigenvalue weighted by molar-refractivity contribution is 0.120. The number of rotatable bonds is 6. The molecule has 1 N–H and O–H groups in total. The quantitative estimate of drug-likeness (QED) is 0.615. The van der Waals surface area contributed by atoms with E-state index in [4.69, 9.17) is 4.74 Å². The Bertz CT molecular complexity index is 1170. The number of hydrogen-bond donors (Lipinski definition) is 1. The smallest absolute Gasteiger partial charge is 0.266 e. The lowest BCUT2D eigenvalue weighted by Gasteiger charge is -2.31. The van der Waals surface area contributed by atoms with Gasteiger partial charge in [0.1, 0.15) is 29.0 Å². The van der Waals surface area contributed by atoms with Crippen LogP contribution in [-0.4, -0.2) is 39.5 Å². The standard InChI is InChI=1S/C19H20F2N6O3S/c1-27-15(10-24-26-27)12-4-2-3-5-16(12)30-17-8-14(21)18(9-13(17)20)31(28,29)25-19-6-7-22-11-23-19/h6-12,16H,2-5H2,1H3,(H,22,23,25)/t12-,16+/m1/s1. The van der Waals surface area contributed by atoms with Gasteiger partial charge in [-0.3, -0.25) is 9.40 Å². The minimum Gasteiger partial charge on any atom is -0.487 e. The zero-order valence-corrected chi connectivity index (χ0v) is 17.4. The molecular formula is C19H20F2N6O3S. The normalized spacial score (nSPS) is 19.2. The number of sulfonamides is 1. The average Bonchev–Trinajstić information content (AvgIpc) is 3.17. The highest BCUT2D eigenvalue weighted by molar-refractivity contribution is 7.92. The number of ether oxygens (including phenoxy) is 1. The van der Waals surface area contributed by atoms with Gasteiger partial charge in [-0.1, -0.05) is 11.6 Å². The number of halogens is 2. The van der Waals surface area contributed by atoms with Crippen LogP contribution in [0.15, 0.2) is 41.8 Å². The van der Waals surface area contributed by atoms with Crippen molar-refractivity contribution in [2.75, 3.05) is 4.72 Å². The number of hydrogen-bond acceptors (Lipinski definition) is 7. The zero-order valence-electron chi connectivity index (χ0n) is 16.6. The van der Waals surface area contributed by atoms with Gasteiger partial charge in [0.25, 0.3) is 10.0 Å². The number of anilines is 1. The van der Waals surface area contributed by atoms with Crippen LogP contribution in [0.3, 0.4) is 0 Å². The molecule has 0 amide bonds. The van der Waals surface area contributed by atoms with Gasteiger partial charge in [-0.15, -0.1) is 5.10 Å². The summed E-state index contributed by atoms with van der Waals surface area (Å²) in [7, 11) is -2.64. The Labute approximate surface area is 177 Å². The molecule has 0 spiro atoms. The van der Waals surface area contributed by atoms with Crippen molar-refractivity contribution >= 4 is 15.8 Å². The summed E-state index contributed by atoms with van der Waals surface area (Å²) in [5.41, 5.74) is 0.846. The SMILES string of the molecule is Cn1nncc1[C@H]1CCCC[C@@H]1Oc1cc(F)c(S(=O)(=O)Nc2ccncn2)cc1F. The molecule has 1 saturated carbocycles. The molecule has 9 nitrogen and oxygen atoms in total. The molecule has 12 heteroatoms. The highest BCUT2D eigenvalue weighted by atomic mass is 32.2. The van der Waals surface area contributed by atoms with Crippen molar-refractivity contribution in [1.29, 1.82) is 0 Å². The van der Waals surface area contributed by atoms with Crippen molar-refractivity contribution < 1.29 is 21.9 Å². The second kappa shape index (κ2) is 8.53. The van der Waals surface area contributed by atoms with Crippen molar-refractivity contribution in [1.82, 2.24) is 25.0 Å². The van der Waals surface area contributed by atoms with Crippen LogP contribution in [-0.2, 0) is 17.1 Å². The van der Waals surface area contributed by atoms with Gasteiger partial charge < -0.3 is 4.74 Å². The van der Waals surface area contributed by atoms with E-state index < -0.39 is 32.7 Å². The van der Waals surface area contributed by atoms with Crippen LogP contribution < -0.4 is 9.46 Å². The van der Waals surface area contributed by atoms with Crippen LogP contribution in [0.5, 0.6) is 5.75 Å². The molecule has 2 heterocycles. The molecule has 1 aliphatic rings. The predicted molar refractivity (Wildman–Crippen MR) is 106 cm³/mol. The van der Waals surface area contributed by atoms with Gasteiger partial charge in [-0.05, 0) is 25.3 Å². The van der Waals surface area contributed by atoms with Crippen molar-refractivity contribution in [2.45, 2.75) is 42.6 Å². The first kappa shape index (κ1) is 21.1. The van der Waals surface area contributed by atoms with Gasteiger partial charge in [0, 0.05) is 31.3 Å². The average molecular weight is 450 g/mol. The molecule has 0 aliphatic heterocycles. The fraction of sp³-hybridized carbons (Fsp3) is 0.368. The summed E-state index contributed by atoms with van der Waals surface area (Å²) in [4.78, 5) is 6.55. The van der Waals surface area contributed by atoms with Crippen molar-refractivity contribution in [3.8, 4) is 5.75 Å². The van der Waals surface area contributed by atoms with Crippen LogP contribution >= 0.6 is 0 Å². The maximum Gasteiger partial charge on any atom is 0.266 e. The largest absolute Gasteiger partial charge is 0.487 e. The van der Waals surface area contributed by atoms with E-state index in [2.05, 4.69) is 25.0 Å². The maximum atomic E-state index is 14.8. The van der Waals surface area contributed by atoms with E-state index in [0.717, 1.165) is 37.4 Å². The van der Waals surface area contributed by atoms with Crippen LogP contribution in [0.2, 0.25) is 0 Å². The van der Waals surface area contributed by atoms with E-state index in [1.165, 1.54) is 12.3 Å². The third kappa shape index (κ3) is 4.48. The Morgan fingerprint density at radius 1 is 1.19 bits per heavy atom. The molecule has 2 aromatic heterocycles. The predicted octanol–water partition coefficient (Wildman–Crippen LogP) is 2.79. The van der Waals surface area contributed by atoms with Crippen molar-refractivity contribution in [3.63, 3.8) is 0 Å². The second-order valence-electron chi connectivity index (χ2n) is 7.24. The molecule has 0 unspecified atom stereocenters. The van der Waals surface area contributed by atoms with E-state index in [1.54, 1.807) is 17.9 Å². The summed E-state index contributed by atoms with van der Waals surface area (Å²) in [5.74, 6) is -2.60. The minimum absolute atomic E-state index is 0.0648. The molecule has 3 aromatic rings. The highest BCUT2D eigenvalue weighted by Crippen LogP contribution is 2.36. The molecule has 31 heavy (non-hydrogen) atoms. The first-order valence-corrected chi connectivity index (χ1v) is 11.1. The lowest BCUT2D eigenvalue weighted by Crippen LogP contribution is -2.30. The van der Waals surface area contributed by atoms with E-state index in [1.807, 2.05) is 0 Å². The number of aromatic nitrogens is 5. The lowest BCUT2D eigenvalue weighted by atomic mass is 9.84. The van der Waals surface area contributed by atoms with Crippen LogP contribution in [0, 0.1) is 11.6 Å². The fourth-order valence-electron chi connectivity index (χ4n) is 3.72.